The third-order valence-corrected chi connectivity index (χ3v) is 2.86. The molecule has 1 fully saturated rings. The number of rotatable bonds is 2. The second-order valence-corrected chi connectivity index (χ2v) is 4.35. The summed E-state index contributed by atoms with van der Waals surface area (Å²) in [6.45, 7) is 1.25. The first-order valence-electron chi connectivity index (χ1n) is 6.14. The Hall–Kier alpha value is -2.17. The molecule has 0 saturated carbocycles. The molecule has 4 nitrogen and oxygen atoms in total. The van der Waals surface area contributed by atoms with Crippen molar-refractivity contribution in [2.24, 2.45) is 0 Å². The van der Waals surface area contributed by atoms with Crippen LogP contribution in [0.3, 0.4) is 0 Å². The van der Waals surface area contributed by atoms with Gasteiger partial charge in [-0.3, -0.25) is 9.59 Å². The fraction of sp³-hybridized carbons (Fsp3) is 0.286. The lowest BCUT2D eigenvalue weighted by Crippen LogP contribution is -2.36. The lowest BCUT2D eigenvalue weighted by atomic mass is 10.2. The second-order valence-electron chi connectivity index (χ2n) is 4.35. The molecule has 0 spiro atoms. The van der Waals surface area contributed by atoms with Gasteiger partial charge in [0.1, 0.15) is 5.82 Å². The smallest absolute Gasteiger partial charge is 0.247 e. The highest BCUT2D eigenvalue weighted by molar-refractivity contribution is 5.94. The number of benzene rings is 1. The van der Waals surface area contributed by atoms with Crippen LogP contribution >= 0.6 is 0 Å². The van der Waals surface area contributed by atoms with E-state index in [4.69, 9.17) is 0 Å². The van der Waals surface area contributed by atoms with Crippen LogP contribution in [-0.2, 0) is 9.59 Å². The molecule has 1 heterocycles. The summed E-state index contributed by atoms with van der Waals surface area (Å²) in [5.74, 6) is -0.657. The van der Waals surface area contributed by atoms with Crippen LogP contribution in [0.5, 0.6) is 0 Å². The topological polar surface area (TPSA) is 49.4 Å². The zero-order chi connectivity index (χ0) is 13.7. The van der Waals surface area contributed by atoms with Gasteiger partial charge in [-0.05, 0) is 30.2 Å². The zero-order valence-electron chi connectivity index (χ0n) is 10.4. The molecule has 1 aliphatic heterocycles. The van der Waals surface area contributed by atoms with Crippen molar-refractivity contribution >= 4 is 17.9 Å². The molecule has 1 saturated heterocycles. The maximum absolute atomic E-state index is 12.7. The summed E-state index contributed by atoms with van der Waals surface area (Å²) >= 11 is 0. The maximum atomic E-state index is 12.7. The molecule has 0 aliphatic carbocycles. The molecule has 2 rings (SSSR count). The predicted molar refractivity (Wildman–Crippen MR) is 69.6 cm³/mol. The number of nitrogens with one attached hydrogen (secondary N) is 1. The van der Waals surface area contributed by atoms with Crippen molar-refractivity contribution in [2.45, 2.75) is 6.42 Å². The van der Waals surface area contributed by atoms with Crippen LogP contribution < -0.4 is 5.32 Å². The largest absolute Gasteiger partial charge is 0.354 e. The van der Waals surface area contributed by atoms with Gasteiger partial charge < -0.3 is 10.2 Å². The lowest BCUT2D eigenvalue weighted by Gasteiger charge is -2.16. The van der Waals surface area contributed by atoms with Gasteiger partial charge in [-0.2, -0.15) is 0 Å². The van der Waals surface area contributed by atoms with E-state index in [-0.39, 0.29) is 24.2 Å². The minimum absolute atomic E-state index is 0.0899. The summed E-state index contributed by atoms with van der Waals surface area (Å²) in [5, 5.41) is 2.71. The summed E-state index contributed by atoms with van der Waals surface area (Å²) in [7, 11) is 0. The van der Waals surface area contributed by atoms with Crippen LogP contribution in [0, 0.1) is 5.82 Å². The van der Waals surface area contributed by atoms with Gasteiger partial charge in [-0.25, -0.2) is 4.39 Å². The SMILES string of the molecule is O=C1CN(C(=O)C=Cc2ccc(F)cc2)CCCN1. The monoisotopic (exact) mass is 262 g/mol. The van der Waals surface area contributed by atoms with E-state index >= 15 is 0 Å². The molecule has 0 aromatic heterocycles. The summed E-state index contributed by atoms with van der Waals surface area (Å²) in [4.78, 5) is 24.8. The fourth-order valence-electron chi connectivity index (χ4n) is 1.84. The Balaban J connectivity index is 1.99. The average molecular weight is 262 g/mol. The number of amides is 2. The number of carbonyl (C=O) groups is 2. The second kappa shape index (κ2) is 6.13. The van der Waals surface area contributed by atoms with Crippen molar-refractivity contribution in [2.75, 3.05) is 19.6 Å². The minimum Gasteiger partial charge on any atom is -0.354 e. The third kappa shape index (κ3) is 3.91. The Bertz CT molecular complexity index is 497. The van der Waals surface area contributed by atoms with Crippen molar-refractivity contribution in [3.05, 3.63) is 41.7 Å². The van der Waals surface area contributed by atoms with E-state index in [1.54, 1.807) is 18.2 Å². The van der Waals surface area contributed by atoms with Crippen LogP contribution in [0.25, 0.3) is 6.08 Å². The quantitative estimate of drug-likeness (QED) is 0.814. The van der Waals surface area contributed by atoms with Gasteiger partial charge in [0.25, 0.3) is 0 Å². The van der Waals surface area contributed by atoms with E-state index in [9.17, 15) is 14.0 Å². The van der Waals surface area contributed by atoms with Gasteiger partial charge in [0.2, 0.25) is 11.8 Å². The van der Waals surface area contributed by atoms with Crippen molar-refractivity contribution in [1.29, 1.82) is 0 Å². The van der Waals surface area contributed by atoms with Crippen LogP contribution in [0.4, 0.5) is 4.39 Å². The van der Waals surface area contributed by atoms with Crippen molar-refractivity contribution in [1.82, 2.24) is 10.2 Å². The van der Waals surface area contributed by atoms with Crippen LogP contribution in [0.1, 0.15) is 12.0 Å². The zero-order valence-corrected chi connectivity index (χ0v) is 10.4. The molecular weight excluding hydrogens is 247 g/mol. The Morgan fingerprint density at radius 1 is 1.32 bits per heavy atom. The highest BCUT2D eigenvalue weighted by Crippen LogP contribution is 2.06. The molecule has 2 amide bonds. The number of hydrogen-bond donors (Lipinski definition) is 1. The number of carbonyl (C=O) groups excluding carboxylic acids is 2. The Kier molecular flexibility index (Phi) is 4.28. The Labute approximate surface area is 110 Å². The van der Waals surface area contributed by atoms with Crippen LogP contribution in [0.15, 0.2) is 30.3 Å². The predicted octanol–water partition coefficient (Wildman–Crippen LogP) is 1.19. The van der Waals surface area contributed by atoms with Gasteiger partial charge in [0, 0.05) is 19.2 Å². The van der Waals surface area contributed by atoms with E-state index in [2.05, 4.69) is 5.32 Å². The first-order chi connectivity index (χ1) is 9.15. The molecule has 100 valence electrons. The Morgan fingerprint density at radius 2 is 2.05 bits per heavy atom. The first kappa shape index (κ1) is 13.3. The summed E-state index contributed by atoms with van der Waals surface area (Å²) in [6.07, 6.45) is 3.78. The van der Waals surface area contributed by atoms with E-state index < -0.39 is 0 Å². The van der Waals surface area contributed by atoms with Crippen LogP contribution in [0.2, 0.25) is 0 Å². The highest BCUT2D eigenvalue weighted by atomic mass is 19.1. The average Bonchev–Trinajstić information content (AvgIpc) is 2.62. The van der Waals surface area contributed by atoms with E-state index in [1.165, 1.54) is 23.1 Å². The van der Waals surface area contributed by atoms with Gasteiger partial charge in [0.05, 0.1) is 6.54 Å². The first-order valence-corrected chi connectivity index (χ1v) is 6.14. The molecule has 1 aliphatic rings. The van der Waals surface area contributed by atoms with E-state index in [0.29, 0.717) is 13.1 Å². The number of hydrogen-bond acceptors (Lipinski definition) is 2. The highest BCUT2D eigenvalue weighted by Gasteiger charge is 2.17. The van der Waals surface area contributed by atoms with Gasteiger partial charge in [-0.1, -0.05) is 12.1 Å². The van der Waals surface area contributed by atoms with Gasteiger partial charge in [0.15, 0.2) is 0 Å². The van der Waals surface area contributed by atoms with Gasteiger partial charge in [-0.15, -0.1) is 0 Å². The minimum atomic E-state index is -0.312. The van der Waals surface area contributed by atoms with E-state index in [1.807, 2.05) is 0 Å². The molecular formula is C14H15FN2O2. The Morgan fingerprint density at radius 3 is 2.79 bits per heavy atom. The molecule has 1 aromatic carbocycles. The molecule has 0 unspecified atom stereocenters. The fourth-order valence-corrected chi connectivity index (χ4v) is 1.84. The van der Waals surface area contributed by atoms with Gasteiger partial charge >= 0.3 is 0 Å². The summed E-state index contributed by atoms with van der Waals surface area (Å²) < 4.78 is 12.7. The van der Waals surface area contributed by atoms with E-state index in [0.717, 1.165) is 12.0 Å². The summed E-state index contributed by atoms with van der Waals surface area (Å²) in [6, 6.07) is 5.86. The van der Waals surface area contributed by atoms with Crippen molar-refractivity contribution in [3.63, 3.8) is 0 Å². The molecule has 5 heteroatoms. The maximum Gasteiger partial charge on any atom is 0.247 e. The molecule has 0 atom stereocenters. The standard InChI is InChI=1S/C14H15FN2O2/c15-12-5-2-11(3-6-12)4-7-14(19)17-9-1-8-16-13(18)10-17/h2-7H,1,8-10H2,(H,16,18). The van der Waals surface area contributed by atoms with Crippen molar-refractivity contribution < 1.29 is 14.0 Å². The molecule has 19 heavy (non-hydrogen) atoms. The molecule has 1 aromatic rings. The molecule has 0 bridgehead atoms. The van der Waals surface area contributed by atoms with Crippen LogP contribution in [-0.4, -0.2) is 36.3 Å². The normalized spacial score (nSPS) is 16.3. The molecule has 0 radical (unpaired) electrons. The summed E-state index contributed by atoms with van der Waals surface area (Å²) in [5.41, 5.74) is 0.744. The number of halogens is 1. The third-order valence-electron chi connectivity index (χ3n) is 2.86. The lowest BCUT2D eigenvalue weighted by molar-refractivity contribution is -0.131. The van der Waals surface area contributed by atoms with Crippen molar-refractivity contribution in [3.8, 4) is 0 Å². The number of nitrogens with zero attached hydrogens (tertiary/aromatic N) is 1. The molecule has 1 N–H and O–H groups in total.